The molecule has 3 nitrogen and oxygen atoms in total. The maximum absolute atomic E-state index is 13.4. The van der Waals surface area contributed by atoms with Gasteiger partial charge < -0.3 is 0 Å². The van der Waals surface area contributed by atoms with Crippen molar-refractivity contribution in [1.82, 2.24) is 9.55 Å². The quantitative estimate of drug-likeness (QED) is 0.380. The molecule has 124 valence electrons. The monoisotopic (exact) mass is 356 g/mol. The summed E-state index contributed by atoms with van der Waals surface area (Å²) in [7, 11) is 0. The van der Waals surface area contributed by atoms with Crippen LogP contribution < -0.4 is 5.56 Å². The lowest BCUT2D eigenvalue weighted by Gasteiger charge is -2.14. The number of halogens is 1. The van der Waals surface area contributed by atoms with Gasteiger partial charge in [0.1, 0.15) is 0 Å². The van der Waals surface area contributed by atoms with Crippen molar-refractivity contribution in [1.29, 1.82) is 0 Å². The summed E-state index contributed by atoms with van der Waals surface area (Å²) in [6, 6.07) is 23.1. The third kappa shape index (κ3) is 2.14. The normalized spacial score (nSPS) is 11.4. The van der Waals surface area contributed by atoms with Crippen molar-refractivity contribution in [2.24, 2.45) is 0 Å². The van der Waals surface area contributed by atoms with Crippen LogP contribution in [0.3, 0.4) is 0 Å². The van der Waals surface area contributed by atoms with Gasteiger partial charge in [0.25, 0.3) is 5.56 Å². The van der Waals surface area contributed by atoms with Crippen LogP contribution in [0.4, 0.5) is 0 Å². The fourth-order valence-electron chi connectivity index (χ4n) is 3.56. The minimum atomic E-state index is -0.0978. The number of pyridine rings is 2. The fourth-order valence-corrected chi connectivity index (χ4v) is 3.73. The molecule has 0 spiro atoms. The molecule has 0 saturated heterocycles. The first-order valence-corrected chi connectivity index (χ1v) is 8.69. The Bertz CT molecular complexity index is 1370. The Morgan fingerprint density at radius 1 is 0.808 bits per heavy atom. The lowest BCUT2D eigenvalue weighted by atomic mass is 10.1. The van der Waals surface area contributed by atoms with Crippen molar-refractivity contribution in [3.05, 3.63) is 94.4 Å². The van der Waals surface area contributed by atoms with Gasteiger partial charge >= 0.3 is 0 Å². The topological polar surface area (TPSA) is 34.9 Å². The number of hydrogen-bond acceptors (Lipinski definition) is 2. The second kappa shape index (κ2) is 5.68. The van der Waals surface area contributed by atoms with Gasteiger partial charge in [-0.15, -0.1) is 0 Å². The molecule has 0 bridgehead atoms. The van der Waals surface area contributed by atoms with Gasteiger partial charge in [0, 0.05) is 27.4 Å². The predicted molar refractivity (Wildman–Crippen MR) is 107 cm³/mol. The van der Waals surface area contributed by atoms with Crippen molar-refractivity contribution in [2.75, 3.05) is 0 Å². The van der Waals surface area contributed by atoms with Crippen molar-refractivity contribution >= 4 is 44.2 Å². The number of nitrogens with zero attached hydrogens (tertiary/aromatic N) is 2. The minimum absolute atomic E-state index is 0.0978. The summed E-state index contributed by atoms with van der Waals surface area (Å²) in [4.78, 5) is 17.9. The Morgan fingerprint density at radius 3 is 2.58 bits per heavy atom. The Morgan fingerprint density at radius 2 is 1.65 bits per heavy atom. The zero-order valence-corrected chi connectivity index (χ0v) is 14.4. The van der Waals surface area contributed by atoms with Gasteiger partial charge in [-0.1, -0.05) is 54.1 Å². The summed E-state index contributed by atoms with van der Waals surface area (Å²) in [5, 5.41) is 4.05. The van der Waals surface area contributed by atoms with Crippen LogP contribution in [0.2, 0.25) is 5.02 Å². The maximum Gasteiger partial charge on any atom is 0.263 e. The van der Waals surface area contributed by atoms with Crippen LogP contribution in [0.1, 0.15) is 0 Å². The SMILES string of the molecule is O=c1c2cc(Cl)ccc2c2ccccc2n1-c1cccc2cccnc12. The molecule has 0 aliphatic rings. The summed E-state index contributed by atoms with van der Waals surface area (Å²) in [5.41, 5.74) is 2.32. The smallest absolute Gasteiger partial charge is 0.263 e. The Hall–Kier alpha value is -3.17. The Labute approximate surface area is 154 Å². The van der Waals surface area contributed by atoms with E-state index in [1.807, 2.05) is 66.7 Å². The largest absolute Gasteiger partial charge is 0.274 e. The molecule has 2 aromatic heterocycles. The van der Waals surface area contributed by atoms with Gasteiger partial charge in [0.2, 0.25) is 0 Å². The van der Waals surface area contributed by atoms with E-state index in [0.29, 0.717) is 10.4 Å². The minimum Gasteiger partial charge on any atom is -0.274 e. The third-order valence-electron chi connectivity index (χ3n) is 4.70. The van der Waals surface area contributed by atoms with Crippen LogP contribution in [-0.4, -0.2) is 9.55 Å². The van der Waals surface area contributed by atoms with Crippen molar-refractivity contribution in [3.63, 3.8) is 0 Å². The van der Waals surface area contributed by atoms with Gasteiger partial charge in [0.15, 0.2) is 0 Å². The average molecular weight is 357 g/mol. The van der Waals surface area contributed by atoms with Crippen molar-refractivity contribution in [3.8, 4) is 5.69 Å². The van der Waals surface area contributed by atoms with Gasteiger partial charge in [-0.05, 0) is 35.7 Å². The molecule has 0 aliphatic heterocycles. The number of benzene rings is 3. The van der Waals surface area contributed by atoms with E-state index in [1.54, 1.807) is 16.8 Å². The van der Waals surface area contributed by atoms with Gasteiger partial charge in [0.05, 0.1) is 16.7 Å². The van der Waals surface area contributed by atoms with Crippen LogP contribution in [0.5, 0.6) is 0 Å². The van der Waals surface area contributed by atoms with E-state index in [1.165, 1.54) is 0 Å². The fraction of sp³-hybridized carbons (Fsp3) is 0. The van der Waals surface area contributed by atoms with E-state index in [-0.39, 0.29) is 5.56 Å². The highest BCUT2D eigenvalue weighted by Crippen LogP contribution is 2.28. The van der Waals surface area contributed by atoms with E-state index in [0.717, 1.165) is 32.9 Å². The van der Waals surface area contributed by atoms with Crippen LogP contribution in [-0.2, 0) is 0 Å². The Kier molecular flexibility index (Phi) is 3.30. The second-order valence-electron chi connectivity index (χ2n) is 6.20. The van der Waals surface area contributed by atoms with Crippen LogP contribution >= 0.6 is 11.6 Å². The molecule has 0 radical (unpaired) electrons. The zero-order valence-electron chi connectivity index (χ0n) is 13.7. The average Bonchev–Trinajstić information content (AvgIpc) is 2.68. The van der Waals surface area contributed by atoms with Gasteiger partial charge in [-0.2, -0.15) is 0 Å². The zero-order chi connectivity index (χ0) is 17.7. The molecule has 0 N–H and O–H groups in total. The highest BCUT2D eigenvalue weighted by molar-refractivity contribution is 6.31. The van der Waals surface area contributed by atoms with Crippen LogP contribution in [0.25, 0.3) is 38.3 Å². The first-order chi connectivity index (χ1) is 12.7. The molecule has 4 heteroatoms. The van der Waals surface area contributed by atoms with Crippen LogP contribution in [0, 0.1) is 0 Å². The van der Waals surface area contributed by atoms with E-state index in [4.69, 9.17) is 11.6 Å². The number of rotatable bonds is 1. The molecule has 0 unspecified atom stereocenters. The molecule has 2 heterocycles. The first-order valence-electron chi connectivity index (χ1n) is 8.31. The van der Waals surface area contributed by atoms with E-state index < -0.39 is 0 Å². The highest BCUT2D eigenvalue weighted by atomic mass is 35.5. The molecule has 0 saturated carbocycles. The lowest BCUT2D eigenvalue weighted by molar-refractivity contribution is 1.07. The molecule has 26 heavy (non-hydrogen) atoms. The molecule has 5 rings (SSSR count). The number of fused-ring (bicyclic) bond motifs is 4. The van der Waals surface area contributed by atoms with Crippen molar-refractivity contribution < 1.29 is 0 Å². The van der Waals surface area contributed by atoms with Gasteiger partial charge in [-0.25, -0.2) is 0 Å². The molecule has 0 aliphatic carbocycles. The molecule has 0 fully saturated rings. The van der Waals surface area contributed by atoms with E-state index in [2.05, 4.69) is 4.98 Å². The highest BCUT2D eigenvalue weighted by Gasteiger charge is 2.14. The standard InChI is InChI=1S/C22H13ClN2O/c23-15-10-11-16-17-7-1-2-8-19(17)25(22(26)18(16)13-15)20-9-3-5-14-6-4-12-24-21(14)20/h1-13H. The number of hydrogen-bond donors (Lipinski definition) is 0. The second-order valence-corrected chi connectivity index (χ2v) is 6.64. The van der Waals surface area contributed by atoms with Gasteiger partial charge in [-0.3, -0.25) is 14.3 Å². The predicted octanol–water partition coefficient (Wildman–Crippen LogP) is 5.35. The van der Waals surface area contributed by atoms with Crippen molar-refractivity contribution in [2.45, 2.75) is 0 Å². The molecule has 5 aromatic rings. The summed E-state index contributed by atoms with van der Waals surface area (Å²) in [6.07, 6.45) is 1.75. The van der Waals surface area contributed by atoms with E-state index in [9.17, 15) is 4.79 Å². The summed E-state index contributed by atoms with van der Waals surface area (Å²) >= 11 is 6.17. The molecular formula is C22H13ClN2O. The molecule has 3 aromatic carbocycles. The lowest BCUT2D eigenvalue weighted by Crippen LogP contribution is -2.19. The summed E-state index contributed by atoms with van der Waals surface area (Å²) in [6.45, 7) is 0. The third-order valence-corrected chi connectivity index (χ3v) is 4.94. The Balaban J connectivity index is 2.05. The van der Waals surface area contributed by atoms with Crippen LogP contribution in [0.15, 0.2) is 83.8 Å². The first kappa shape index (κ1) is 15.1. The summed E-state index contributed by atoms with van der Waals surface area (Å²) < 4.78 is 1.74. The number of para-hydroxylation sites is 2. The molecule has 0 amide bonds. The number of aromatic nitrogens is 2. The molecular weight excluding hydrogens is 344 g/mol. The maximum atomic E-state index is 13.4. The molecule has 0 atom stereocenters. The van der Waals surface area contributed by atoms with E-state index >= 15 is 0 Å². The summed E-state index contributed by atoms with van der Waals surface area (Å²) in [5.74, 6) is 0.